The molecule has 1 N–H and O–H groups in total. The van der Waals surface area contributed by atoms with Gasteiger partial charge in [0, 0.05) is 11.4 Å². The van der Waals surface area contributed by atoms with Crippen molar-refractivity contribution in [3.8, 4) is 0 Å². The third kappa shape index (κ3) is 6.56. The molecule has 1 atom stereocenters. The number of rotatable bonds is 7. The molecule has 0 aliphatic carbocycles. The molecule has 3 nitrogen and oxygen atoms in total. The third-order valence-electron chi connectivity index (χ3n) is 4.53. The van der Waals surface area contributed by atoms with E-state index in [4.69, 9.17) is 0 Å². The van der Waals surface area contributed by atoms with Gasteiger partial charge in [-0.25, -0.2) is 0 Å². The summed E-state index contributed by atoms with van der Waals surface area (Å²) in [5.41, 5.74) is 1.25. The molecule has 1 aromatic rings. The topological polar surface area (TPSA) is 32.3 Å². The summed E-state index contributed by atoms with van der Waals surface area (Å²) in [6.45, 7) is 10.7. The Kier molecular flexibility index (Phi) is 7.44. The first-order valence-corrected chi connectivity index (χ1v) is 9.66. The van der Waals surface area contributed by atoms with Crippen LogP contribution < -0.4 is 5.32 Å². The Morgan fingerprint density at radius 3 is 2.61 bits per heavy atom. The molecular weight excluding hydrogens is 304 g/mol. The van der Waals surface area contributed by atoms with Crippen LogP contribution in [0.4, 0.5) is 0 Å². The van der Waals surface area contributed by atoms with Crippen LogP contribution in [0.5, 0.6) is 0 Å². The van der Waals surface area contributed by atoms with Crippen molar-refractivity contribution < 1.29 is 4.79 Å². The van der Waals surface area contributed by atoms with Gasteiger partial charge < -0.3 is 10.2 Å². The molecule has 2 rings (SSSR count). The molecule has 4 heteroatoms. The molecule has 1 aromatic carbocycles. The third-order valence-corrected chi connectivity index (χ3v) is 5.64. The fourth-order valence-electron chi connectivity index (χ4n) is 2.82. The van der Waals surface area contributed by atoms with Crippen molar-refractivity contribution >= 4 is 17.7 Å². The summed E-state index contributed by atoms with van der Waals surface area (Å²) in [4.78, 5) is 15.8. The Bertz CT molecular complexity index is 481. The smallest absolute Gasteiger partial charge is 0.233 e. The van der Waals surface area contributed by atoms with Gasteiger partial charge in [0.1, 0.15) is 0 Å². The number of likely N-dealkylation sites (tertiary alicyclic amines) is 1. The average molecular weight is 335 g/mol. The fourth-order valence-corrected chi connectivity index (χ4v) is 3.71. The van der Waals surface area contributed by atoms with Crippen molar-refractivity contribution in [2.45, 2.75) is 50.2 Å². The molecule has 1 saturated heterocycles. The highest BCUT2D eigenvalue weighted by Gasteiger charge is 2.16. The summed E-state index contributed by atoms with van der Waals surface area (Å²) in [5, 5.41) is 3.03. The minimum Gasteiger partial charge on any atom is -0.355 e. The Hall–Kier alpha value is -1.00. The minimum absolute atomic E-state index is 0.0476. The zero-order valence-electron chi connectivity index (χ0n) is 14.7. The van der Waals surface area contributed by atoms with E-state index in [2.05, 4.69) is 48.3 Å². The van der Waals surface area contributed by atoms with E-state index in [1.165, 1.54) is 31.5 Å². The van der Waals surface area contributed by atoms with Gasteiger partial charge in [0.05, 0.1) is 5.25 Å². The molecule has 1 amide bonds. The maximum atomic E-state index is 12.2. The second kappa shape index (κ2) is 9.33. The molecule has 0 spiro atoms. The van der Waals surface area contributed by atoms with Crippen LogP contribution in [0.2, 0.25) is 0 Å². The monoisotopic (exact) mass is 334 g/mol. The van der Waals surface area contributed by atoms with Crippen LogP contribution in [0.1, 0.15) is 38.7 Å². The zero-order chi connectivity index (χ0) is 16.7. The van der Waals surface area contributed by atoms with Gasteiger partial charge in [-0.05, 0) is 70.8 Å². The van der Waals surface area contributed by atoms with Crippen molar-refractivity contribution in [2.75, 3.05) is 26.2 Å². The average Bonchev–Trinajstić information content (AvgIpc) is 2.55. The number of thioether (sulfide) groups is 1. The molecule has 1 heterocycles. The van der Waals surface area contributed by atoms with Gasteiger partial charge in [0.25, 0.3) is 0 Å². The number of carbonyl (C=O) groups is 1. The van der Waals surface area contributed by atoms with Crippen molar-refractivity contribution in [2.24, 2.45) is 5.92 Å². The summed E-state index contributed by atoms with van der Waals surface area (Å²) < 4.78 is 0. The first-order valence-electron chi connectivity index (χ1n) is 8.78. The van der Waals surface area contributed by atoms with Gasteiger partial charge in [0.15, 0.2) is 0 Å². The Labute approximate surface area is 145 Å². The van der Waals surface area contributed by atoms with Crippen LogP contribution in [-0.4, -0.2) is 42.2 Å². The molecular formula is C19H30N2OS. The van der Waals surface area contributed by atoms with E-state index in [0.29, 0.717) is 0 Å². The fraction of sp³-hybridized carbons (Fsp3) is 0.632. The molecule has 0 aromatic heterocycles. The summed E-state index contributed by atoms with van der Waals surface area (Å²) in [6, 6.07) is 8.35. The summed E-state index contributed by atoms with van der Waals surface area (Å²) in [7, 11) is 0. The largest absolute Gasteiger partial charge is 0.355 e. The highest BCUT2D eigenvalue weighted by molar-refractivity contribution is 8.00. The van der Waals surface area contributed by atoms with E-state index in [9.17, 15) is 4.79 Å². The Morgan fingerprint density at radius 2 is 1.96 bits per heavy atom. The van der Waals surface area contributed by atoms with Gasteiger partial charge in [-0.1, -0.05) is 24.6 Å². The number of carbonyl (C=O) groups excluding carboxylic acids is 1. The van der Waals surface area contributed by atoms with Crippen LogP contribution in [0.3, 0.4) is 0 Å². The van der Waals surface area contributed by atoms with Crippen molar-refractivity contribution in [3.05, 3.63) is 29.8 Å². The maximum Gasteiger partial charge on any atom is 0.233 e. The lowest BCUT2D eigenvalue weighted by atomic mass is 9.99. The van der Waals surface area contributed by atoms with E-state index < -0.39 is 0 Å². The van der Waals surface area contributed by atoms with Gasteiger partial charge in [-0.15, -0.1) is 11.8 Å². The molecule has 0 bridgehead atoms. The van der Waals surface area contributed by atoms with E-state index in [1.807, 2.05) is 6.92 Å². The second-order valence-corrected chi connectivity index (χ2v) is 8.16. The number of aryl methyl sites for hydroxylation is 1. The van der Waals surface area contributed by atoms with E-state index in [1.54, 1.807) is 11.8 Å². The van der Waals surface area contributed by atoms with Crippen LogP contribution >= 0.6 is 11.8 Å². The molecule has 23 heavy (non-hydrogen) atoms. The van der Waals surface area contributed by atoms with Gasteiger partial charge >= 0.3 is 0 Å². The highest BCUT2D eigenvalue weighted by atomic mass is 32.2. The number of piperidine rings is 1. The standard InChI is InChI=1S/C19H30N2OS/c1-15-5-7-18(8-6-15)23-17(3)19(22)20-11-4-12-21-13-9-16(2)10-14-21/h5-8,16-17H,4,9-14H2,1-3H3,(H,20,22)/t17-/m1/s1. The lowest BCUT2D eigenvalue weighted by molar-refractivity contribution is -0.120. The first-order chi connectivity index (χ1) is 11.0. The quantitative estimate of drug-likeness (QED) is 0.609. The van der Waals surface area contributed by atoms with E-state index in [0.717, 1.165) is 30.3 Å². The SMILES string of the molecule is Cc1ccc(S[C@H](C)C(=O)NCCCN2CCC(C)CC2)cc1. The summed E-state index contributed by atoms with van der Waals surface area (Å²) >= 11 is 1.62. The van der Waals surface area contributed by atoms with Gasteiger partial charge in [-0.2, -0.15) is 0 Å². The summed E-state index contributed by atoms with van der Waals surface area (Å²) in [6.07, 6.45) is 3.68. The molecule has 0 radical (unpaired) electrons. The second-order valence-electron chi connectivity index (χ2n) is 6.74. The molecule has 1 aliphatic heterocycles. The molecule has 128 valence electrons. The number of nitrogens with one attached hydrogen (secondary N) is 1. The molecule has 1 fully saturated rings. The first kappa shape index (κ1) is 18.3. The number of benzene rings is 1. The zero-order valence-corrected chi connectivity index (χ0v) is 15.5. The molecule has 0 unspecified atom stereocenters. The van der Waals surface area contributed by atoms with Crippen LogP contribution in [-0.2, 0) is 4.79 Å². The van der Waals surface area contributed by atoms with Crippen molar-refractivity contribution in [1.82, 2.24) is 10.2 Å². The lowest BCUT2D eigenvalue weighted by Crippen LogP contribution is -2.36. The number of amides is 1. The molecule has 1 aliphatic rings. The predicted octanol–water partition coefficient (Wildman–Crippen LogP) is 3.71. The van der Waals surface area contributed by atoms with Crippen molar-refractivity contribution in [3.63, 3.8) is 0 Å². The number of hydrogen-bond donors (Lipinski definition) is 1. The summed E-state index contributed by atoms with van der Waals surface area (Å²) in [5.74, 6) is 1.02. The number of hydrogen-bond acceptors (Lipinski definition) is 3. The Balaban J connectivity index is 1.61. The van der Waals surface area contributed by atoms with Gasteiger partial charge in [0.2, 0.25) is 5.91 Å². The van der Waals surface area contributed by atoms with Crippen LogP contribution in [0, 0.1) is 12.8 Å². The van der Waals surface area contributed by atoms with E-state index >= 15 is 0 Å². The Morgan fingerprint density at radius 1 is 1.30 bits per heavy atom. The molecule has 0 saturated carbocycles. The normalized spacial score (nSPS) is 17.9. The lowest BCUT2D eigenvalue weighted by Gasteiger charge is -2.30. The van der Waals surface area contributed by atoms with Gasteiger partial charge in [-0.3, -0.25) is 4.79 Å². The minimum atomic E-state index is -0.0476. The van der Waals surface area contributed by atoms with Crippen molar-refractivity contribution in [1.29, 1.82) is 0 Å². The van der Waals surface area contributed by atoms with Crippen LogP contribution in [0.15, 0.2) is 29.2 Å². The highest BCUT2D eigenvalue weighted by Crippen LogP contribution is 2.23. The van der Waals surface area contributed by atoms with E-state index in [-0.39, 0.29) is 11.2 Å². The number of nitrogens with zero attached hydrogens (tertiary/aromatic N) is 1. The predicted molar refractivity (Wildman–Crippen MR) is 99.0 cm³/mol. The van der Waals surface area contributed by atoms with Crippen LogP contribution in [0.25, 0.3) is 0 Å². The maximum absolute atomic E-state index is 12.2.